The number of nitrogens with zero attached hydrogens (tertiary/aromatic N) is 2. The molecule has 0 saturated carbocycles. The number of para-hydroxylation sites is 1. The first kappa shape index (κ1) is 20.7. The first-order valence-corrected chi connectivity index (χ1v) is 10.2. The lowest BCUT2D eigenvalue weighted by Crippen LogP contribution is -2.53. The number of nitrogens with two attached hydrogens (primary N) is 1. The van der Waals surface area contributed by atoms with Crippen LogP contribution in [0.3, 0.4) is 0 Å². The molecule has 31 heavy (non-hydrogen) atoms. The third-order valence-electron chi connectivity index (χ3n) is 6.02. The Kier molecular flexibility index (Phi) is 4.68. The number of pyridine rings is 1. The Hall–Kier alpha value is -3.55. The van der Waals surface area contributed by atoms with E-state index in [-0.39, 0.29) is 28.8 Å². The van der Waals surface area contributed by atoms with E-state index < -0.39 is 22.9 Å². The van der Waals surface area contributed by atoms with E-state index in [4.69, 9.17) is 15.2 Å². The van der Waals surface area contributed by atoms with Crippen molar-refractivity contribution >= 4 is 17.6 Å². The molecule has 1 unspecified atom stereocenters. The molecule has 8 nitrogen and oxygen atoms in total. The van der Waals surface area contributed by atoms with Crippen LogP contribution in [0, 0.1) is 6.92 Å². The van der Waals surface area contributed by atoms with Crippen molar-refractivity contribution < 1.29 is 19.1 Å². The maximum atomic E-state index is 14.2. The molecular formula is C23H25N3O5. The fraction of sp³-hybridized carbons (Fsp3) is 0.348. The second kappa shape index (κ2) is 7.01. The standard InChI is InChI=1S/C23H25N3O5/c1-6-25-13(4)11-16-17(20(25)27)23(18(19(24)31-16)21(28)30-5)14-9-7-8-10-15(14)26(12(2)3)22(23)29/h7-12H,6,24H2,1-5H3. The highest BCUT2D eigenvalue weighted by Crippen LogP contribution is 2.55. The third-order valence-corrected chi connectivity index (χ3v) is 6.02. The molecule has 0 aliphatic carbocycles. The maximum absolute atomic E-state index is 14.2. The van der Waals surface area contributed by atoms with Crippen molar-refractivity contribution in [3.05, 3.63) is 69.0 Å². The predicted molar refractivity (Wildman–Crippen MR) is 115 cm³/mol. The van der Waals surface area contributed by atoms with Crippen LogP contribution < -0.4 is 20.9 Å². The van der Waals surface area contributed by atoms with Crippen LogP contribution in [-0.4, -0.2) is 29.6 Å². The monoisotopic (exact) mass is 423 g/mol. The second-order valence-electron chi connectivity index (χ2n) is 7.94. The minimum atomic E-state index is -1.76. The van der Waals surface area contributed by atoms with Crippen molar-refractivity contribution in [2.24, 2.45) is 5.73 Å². The van der Waals surface area contributed by atoms with Crippen LogP contribution in [0.1, 0.15) is 37.6 Å². The Labute approximate surface area is 179 Å². The summed E-state index contributed by atoms with van der Waals surface area (Å²) >= 11 is 0. The average molecular weight is 423 g/mol. The van der Waals surface area contributed by atoms with E-state index in [1.807, 2.05) is 26.8 Å². The molecule has 0 saturated heterocycles. The van der Waals surface area contributed by atoms with Gasteiger partial charge in [-0.3, -0.25) is 9.59 Å². The van der Waals surface area contributed by atoms with Crippen LogP contribution in [0.15, 0.2) is 46.6 Å². The maximum Gasteiger partial charge on any atom is 0.340 e. The number of amides is 1. The minimum Gasteiger partial charge on any atom is -0.465 e. The van der Waals surface area contributed by atoms with Gasteiger partial charge in [0.2, 0.25) is 11.8 Å². The van der Waals surface area contributed by atoms with Crippen LogP contribution in [0.4, 0.5) is 5.69 Å². The molecule has 8 heteroatoms. The van der Waals surface area contributed by atoms with E-state index in [1.54, 1.807) is 40.7 Å². The molecule has 0 radical (unpaired) electrons. The Morgan fingerprint density at radius 3 is 2.55 bits per heavy atom. The smallest absolute Gasteiger partial charge is 0.340 e. The summed E-state index contributed by atoms with van der Waals surface area (Å²) < 4.78 is 12.3. The molecule has 0 fully saturated rings. The summed E-state index contributed by atoms with van der Waals surface area (Å²) in [5, 5.41) is 0. The molecule has 2 aliphatic heterocycles. The zero-order chi connectivity index (χ0) is 22.7. The molecule has 1 aromatic carbocycles. The van der Waals surface area contributed by atoms with Gasteiger partial charge in [-0.1, -0.05) is 18.2 Å². The fourth-order valence-electron chi connectivity index (χ4n) is 4.80. The molecule has 0 bridgehead atoms. The molecular weight excluding hydrogens is 398 g/mol. The van der Waals surface area contributed by atoms with Gasteiger partial charge in [-0.2, -0.15) is 0 Å². The number of anilines is 1. The molecule has 2 aromatic rings. The highest BCUT2D eigenvalue weighted by molar-refractivity contribution is 6.18. The van der Waals surface area contributed by atoms with Gasteiger partial charge in [0.05, 0.1) is 12.7 Å². The Bertz CT molecular complexity index is 1210. The third kappa shape index (κ3) is 2.50. The van der Waals surface area contributed by atoms with Crippen molar-refractivity contribution in [1.82, 2.24) is 4.57 Å². The summed E-state index contributed by atoms with van der Waals surface area (Å²) in [5.41, 5.74) is 5.74. The van der Waals surface area contributed by atoms with Gasteiger partial charge < -0.3 is 24.7 Å². The topological polar surface area (TPSA) is 104 Å². The van der Waals surface area contributed by atoms with E-state index in [9.17, 15) is 14.4 Å². The van der Waals surface area contributed by atoms with Crippen molar-refractivity contribution in [2.75, 3.05) is 12.0 Å². The Morgan fingerprint density at radius 1 is 1.26 bits per heavy atom. The number of hydrogen-bond donors (Lipinski definition) is 1. The van der Waals surface area contributed by atoms with E-state index in [2.05, 4.69) is 0 Å². The van der Waals surface area contributed by atoms with Crippen molar-refractivity contribution in [3.8, 4) is 5.75 Å². The lowest BCUT2D eigenvalue weighted by Gasteiger charge is -2.36. The number of rotatable bonds is 3. The van der Waals surface area contributed by atoms with Crippen LogP contribution >= 0.6 is 0 Å². The number of esters is 1. The van der Waals surface area contributed by atoms with Gasteiger partial charge in [0.15, 0.2) is 0 Å². The van der Waals surface area contributed by atoms with E-state index in [1.165, 1.54) is 7.11 Å². The average Bonchev–Trinajstić information content (AvgIpc) is 2.96. The lowest BCUT2D eigenvalue weighted by molar-refractivity contribution is -0.138. The number of hydrogen-bond acceptors (Lipinski definition) is 6. The van der Waals surface area contributed by atoms with Crippen LogP contribution in [0.5, 0.6) is 5.75 Å². The van der Waals surface area contributed by atoms with Crippen LogP contribution in [-0.2, 0) is 26.3 Å². The van der Waals surface area contributed by atoms with Gasteiger partial charge >= 0.3 is 5.97 Å². The van der Waals surface area contributed by atoms with Gasteiger partial charge in [0, 0.05) is 35.6 Å². The number of carbonyl (C=O) groups excluding carboxylic acids is 2. The number of fused-ring (bicyclic) bond motifs is 4. The molecule has 1 aromatic heterocycles. The van der Waals surface area contributed by atoms with E-state index >= 15 is 0 Å². The largest absolute Gasteiger partial charge is 0.465 e. The van der Waals surface area contributed by atoms with E-state index in [0.717, 1.165) is 0 Å². The summed E-state index contributed by atoms with van der Waals surface area (Å²) in [6.07, 6.45) is 0. The SMILES string of the molecule is CCn1c(C)cc2c(c1=O)C1(C(=O)N(C(C)C)c3ccccc31)C(C(=O)OC)=C(N)O2. The summed E-state index contributed by atoms with van der Waals surface area (Å²) in [4.78, 5) is 42.5. The molecule has 1 spiro atoms. The lowest BCUT2D eigenvalue weighted by atomic mass is 9.68. The number of aromatic nitrogens is 1. The quantitative estimate of drug-likeness (QED) is 0.757. The van der Waals surface area contributed by atoms with Gasteiger partial charge in [-0.05, 0) is 33.8 Å². The zero-order valence-electron chi connectivity index (χ0n) is 18.2. The minimum absolute atomic E-state index is 0.0788. The van der Waals surface area contributed by atoms with Gasteiger partial charge in [0.1, 0.15) is 16.7 Å². The molecule has 162 valence electrons. The molecule has 2 N–H and O–H groups in total. The van der Waals surface area contributed by atoms with Crippen LogP contribution in [0.2, 0.25) is 0 Å². The first-order valence-electron chi connectivity index (χ1n) is 10.2. The van der Waals surface area contributed by atoms with Gasteiger partial charge in [-0.25, -0.2) is 4.79 Å². The number of ether oxygens (including phenoxy) is 2. The fourth-order valence-corrected chi connectivity index (χ4v) is 4.80. The van der Waals surface area contributed by atoms with Gasteiger partial charge in [-0.15, -0.1) is 0 Å². The summed E-state index contributed by atoms with van der Waals surface area (Å²) in [5.74, 6) is -1.33. The van der Waals surface area contributed by atoms with Crippen molar-refractivity contribution in [3.63, 3.8) is 0 Å². The Balaban J connectivity index is 2.24. The highest BCUT2D eigenvalue weighted by atomic mass is 16.5. The number of benzene rings is 1. The molecule has 4 rings (SSSR count). The first-order chi connectivity index (χ1) is 14.7. The summed E-state index contributed by atoms with van der Waals surface area (Å²) in [7, 11) is 1.21. The van der Waals surface area contributed by atoms with Crippen LogP contribution in [0.25, 0.3) is 0 Å². The number of aryl methyl sites for hydroxylation is 1. The molecule has 1 amide bonds. The highest BCUT2D eigenvalue weighted by Gasteiger charge is 2.62. The van der Waals surface area contributed by atoms with Crippen molar-refractivity contribution in [1.29, 1.82) is 0 Å². The number of methoxy groups -OCH3 is 1. The predicted octanol–water partition coefficient (Wildman–Crippen LogP) is 1.95. The van der Waals surface area contributed by atoms with E-state index in [0.29, 0.717) is 23.5 Å². The molecule has 1 atom stereocenters. The normalized spacial score (nSPS) is 19.5. The molecule has 2 aliphatic rings. The Morgan fingerprint density at radius 2 is 1.94 bits per heavy atom. The summed E-state index contributed by atoms with van der Waals surface area (Å²) in [6.45, 7) is 7.76. The number of carbonyl (C=O) groups is 2. The molecule has 3 heterocycles. The zero-order valence-corrected chi connectivity index (χ0v) is 18.2. The summed E-state index contributed by atoms with van der Waals surface area (Å²) in [6, 6.07) is 8.58. The van der Waals surface area contributed by atoms with Crippen molar-refractivity contribution in [2.45, 2.75) is 45.7 Å². The van der Waals surface area contributed by atoms with Gasteiger partial charge in [0.25, 0.3) is 5.56 Å². The second-order valence-corrected chi connectivity index (χ2v) is 7.94.